The molecule has 2 aromatic carbocycles. The second-order valence-corrected chi connectivity index (χ2v) is 7.18. The molecule has 0 fully saturated rings. The molecule has 0 aliphatic rings. The first-order chi connectivity index (χ1) is 13.0. The lowest BCUT2D eigenvalue weighted by Gasteiger charge is -2.19. The number of benzene rings is 2. The molecule has 0 spiro atoms. The number of hydrogen-bond donors (Lipinski definition) is 0. The first kappa shape index (κ1) is 19.3. The maximum absolute atomic E-state index is 12.6. The Bertz CT molecular complexity index is 960. The normalized spacial score (nSPS) is 10.7. The van der Waals surface area contributed by atoms with Crippen molar-refractivity contribution in [3.63, 3.8) is 0 Å². The number of carbonyl (C=O) groups excluding carboxylic acids is 1. The van der Waals surface area contributed by atoms with Gasteiger partial charge in [-0.3, -0.25) is 9.36 Å². The van der Waals surface area contributed by atoms with E-state index in [1.165, 1.54) is 11.8 Å². The SMILES string of the molecule is COc1ccccc1N(C)C(=O)CSc1nncn1-c1ccc(C)c(Cl)c1. The molecule has 1 amide bonds. The summed E-state index contributed by atoms with van der Waals surface area (Å²) in [5, 5.41) is 9.38. The van der Waals surface area contributed by atoms with E-state index in [4.69, 9.17) is 16.3 Å². The fourth-order valence-electron chi connectivity index (χ4n) is 2.50. The summed E-state index contributed by atoms with van der Waals surface area (Å²) in [7, 11) is 3.31. The number of ether oxygens (including phenoxy) is 1. The van der Waals surface area contributed by atoms with Gasteiger partial charge in [-0.1, -0.05) is 41.6 Å². The molecule has 0 radical (unpaired) electrons. The minimum absolute atomic E-state index is 0.0685. The molecule has 6 nitrogen and oxygen atoms in total. The highest BCUT2D eigenvalue weighted by Gasteiger charge is 2.17. The van der Waals surface area contributed by atoms with Gasteiger partial charge in [-0.2, -0.15) is 0 Å². The van der Waals surface area contributed by atoms with Crippen molar-refractivity contribution in [1.29, 1.82) is 0 Å². The van der Waals surface area contributed by atoms with Crippen molar-refractivity contribution in [3.05, 3.63) is 59.4 Å². The molecule has 27 heavy (non-hydrogen) atoms. The van der Waals surface area contributed by atoms with Gasteiger partial charge in [0.1, 0.15) is 12.1 Å². The zero-order chi connectivity index (χ0) is 19.4. The van der Waals surface area contributed by atoms with E-state index in [2.05, 4.69) is 10.2 Å². The van der Waals surface area contributed by atoms with E-state index >= 15 is 0 Å². The molecule has 0 aliphatic heterocycles. The van der Waals surface area contributed by atoms with Gasteiger partial charge in [0.25, 0.3) is 0 Å². The fourth-order valence-corrected chi connectivity index (χ4v) is 3.51. The molecular weight excluding hydrogens is 384 g/mol. The number of para-hydroxylation sites is 2. The summed E-state index contributed by atoms with van der Waals surface area (Å²) in [6.45, 7) is 1.94. The number of hydrogen-bond acceptors (Lipinski definition) is 5. The van der Waals surface area contributed by atoms with Crippen molar-refractivity contribution >= 4 is 35.0 Å². The number of rotatable bonds is 6. The number of carbonyl (C=O) groups is 1. The Morgan fingerprint density at radius 3 is 2.81 bits per heavy atom. The number of thioether (sulfide) groups is 1. The van der Waals surface area contributed by atoms with E-state index in [9.17, 15) is 4.79 Å². The molecule has 0 N–H and O–H groups in total. The van der Waals surface area contributed by atoms with E-state index in [0.29, 0.717) is 15.9 Å². The third-order valence-electron chi connectivity index (χ3n) is 4.10. The Hall–Kier alpha value is -2.51. The highest BCUT2D eigenvalue weighted by atomic mass is 35.5. The van der Waals surface area contributed by atoms with Gasteiger partial charge in [0, 0.05) is 12.1 Å². The van der Waals surface area contributed by atoms with E-state index in [0.717, 1.165) is 16.9 Å². The van der Waals surface area contributed by atoms with Crippen LogP contribution in [0.1, 0.15) is 5.56 Å². The average molecular weight is 403 g/mol. The summed E-state index contributed by atoms with van der Waals surface area (Å²) in [5.74, 6) is 0.795. The lowest BCUT2D eigenvalue weighted by molar-refractivity contribution is -0.115. The second kappa shape index (κ2) is 8.45. The van der Waals surface area contributed by atoms with E-state index in [1.807, 2.05) is 54.0 Å². The lowest BCUT2D eigenvalue weighted by atomic mass is 10.2. The zero-order valence-corrected chi connectivity index (χ0v) is 16.8. The molecule has 0 unspecified atom stereocenters. The Kier molecular flexibility index (Phi) is 6.03. The molecule has 0 bridgehead atoms. The standard InChI is InChI=1S/C19H19ClN4O2S/c1-13-8-9-14(10-15(13)20)24-12-21-22-19(24)27-11-18(25)23(2)16-6-4-5-7-17(16)26-3/h4-10,12H,11H2,1-3H3. The summed E-state index contributed by atoms with van der Waals surface area (Å²) in [6, 6.07) is 13.1. The van der Waals surface area contributed by atoms with E-state index < -0.39 is 0 Å². The monoisotopic (exact) mass is 402 g/mol. The van der Waals surface area contributed by atoms with Crippen LogP contribution in [0.3, 0.4) is 0 Å². The van der Waals surface area contributed by atoms with Crippen LogP contribution in [-0.4, -0.2) is 40.6 Å². The first-order valence-electron chi connectivity index (χ1n) is 8.20. The highest BCUT2D eigenvalue weighted by molar-refractivity contribution is 7.99. The molecule has 0 saturated carbocycles. The van der Waals surface area contributed by atoms with Crippen molar-refractivity contribution in [2.75, 3.05) is 24.8 Å². The van der Waals surface area contributed by atoms with Crippen LogP contribution in [-0.2, 0) is 4.79 Å². The van der Waals surface area contributed by atoms with Crippen LogP contribution in [0.5, 0.6) is 5.75 Å². The van der Waals surface area contributed by atoms with Crippen molar-refractivity contribution in [2.45, 2.75) is 12.1 Å². The van der Waals surface area contributed by atoms with Crippen molar-refractivity contribution < 1.29 is 9.53 Å². The fraction of sp³-hybridized carbons (Fsp3) is 0.211. The predicted molar refractivity (Wildman–Crippen MR) is 108 cm³/mol. The highest BCUT2D eigenvalue weighted by Crippen LogP contribution is 2.28. The van der Waals surface area contributed by atoms with Gasteiger partial charge in [0.05, 0.1) is 24.2 Å². The quantitative estimate of drug-likeness (QED) is 0.583. The lowest BCUT2D eigenvalue weighted by Crippen LogP contribution is -2.28. The summed E-state index contributed by atoms with van der Waals surface area (Å²) in [4.78, 5) is 14.2. The topological polar surface area (TPSA) is 60.2 Å². The Morgan fingerprint density at radius 2 is 2.07 bits per heavy atom. The van der Waals surface area contributed by atoms with Gasteiger partial charge in [-0.25, -0.2) is 0 Å². The molecule has 140 valence electrons. The minimum Gasteiger partial charge on any atom is -0.495 e. The summed E-state index contributed by atoms with van der Waals surface area (Å²) in [6.07, 6.45) is 1.61. The predicted octanol–water partition coefficient (Wildman–Crippen LogP) is 3.99. The van der Waals surface area contributed by atoms with Crippen LogP contribution >= 0.6 is 23.4 Å². The minimum atomic E-state index is -0.0685. The van der Waals surface area contributed by atoms with Gasteiger partial charge in [0.2, 0.25) is 5.91 Å². The molecule has 1 aromatic heterocycles. The van der Waals surface area contributed by atoms with Crippen LogP contribution in [0.15, 0.2) is 53.9 Å². The van der Waals surface area contributed by atoms with E-state index in [-0.39, 0.29) is 11.7 Å². The Morgan fingerprint density at radius 1 is 1.30 bits per heavy atom. The Labute approximate surface area is 167 Å². The van der Waals surface area contributed by atoms with E-state index in [1.54, 1.807) is 25.4 Å². The molecule has 1 heterocycles. The van der Waals surface area contributed by atoms with Gasteiger partial charge >= 0.3 is 0 Å². The van der Waals surface area contributed by atoms with Gasteiger partial charge < -0.3 is 9.64 Å². The number of methoxy groups -OCH3 is 1. The number of nitrogens with zero attached hydrogens (tertiary/aromatic N) is 4. The largest absolute Gasteiger partial charge is 0.495 e. The first-order valence-corrected chi connectivity index (χ1v) is 9.56. The number of amides is 1. The third kappa shape index (κ3) is 4.26. The average Bonchev–Trinajstić information content (AvgIpc) is 3.16. The number of aryl methyl sites for hydroxylation is 1. The summed E-state index contributed by atoms with van der Waals surface area (Å²) in [5.41, 5.74) is 2.57. The molecule has 3 aromatic rings. The molecule has 0 aliphatic carbocycles. The van der Waals surface area contributed by atoms with Gasteiger partial charge in [0.15, 0.2) is 5.16 Å². The maximum Gasteiger partial charge on any atom is 0.237 e. The second-order valence-electron chi connectivity index (χ2n) is 5.83. The van der Waals surface area contributed by atoms with Gasteiger partial charge in [-0.15, -0.1) is 10.2 Å². The van der Waals surface area contributed by atoms with Crippen LogP contribution in [0, 0.1) is 6.92 Å². The maximum atomic E-state index is 12.6. The smallest absolute Gasteiger partial charge is 0.237 e. The summed E-state index contributed by atoms with van der Waals surface area (Å²) >= 11 is 7.53. The van der Waals surface area contributed by atoms with Gasteiger partial charge in [-0.05, 0) is 36.8 Å². The van der Waals surface area contributed by atoms with Crippen LogP contribution < -0.4 is 9.64 Å². The van der Waals surface area contributed by atoms with Crippen LogP contribution in [0.2, 0.25) is 5.02 Å². The molecule has 3 rings (SSSR count). The van der Waals surface area contributed by atoms with Crippen molar-refractivity contribution in [3.8, 4) is 11.4 Å². The summed E-state index contributed by atoms with van der Waals surface area (Å²) < 4.78 is 7.14. The zero-order valence-electron chi connectivity index (χ0n) is 15.2. The third-order valence-corrected chi connectivity index (χ3v) is 5.43. The van der Waals surface area contributed by atoms with Crippen LogP contribution in [0.25, 0.3) is 5.69 Å². The molecule has 8 heteroatoms. The van der Waals surface area contributed by atoms with Crippen molar-refractivity contribution in [2.24, 2.45) is 0 Å². The number of halogens is 1. The number of aromatic nitrogens is 3. The molecule has 0 atom stereocenters. The molecular formula is C19H19ClN4O2S. The van der Waals surface area contributed by atoms with Crippen molar-refractivity contribution in [1.82, 2.24) is 14.8 Å². The Balaban J connectivity index is 1.73. The number of anilines is 1. The van der Waals surface area contributed by atoms with Crippen LogP contribution in [0.4, 0.5) is 5.69 Å². The molecule has 0 saturated heterocycles.